The second kappa shape index (κ2) is 9.04. The molecule has 5 rings (SSSR count). The zero-order valence-corrected chi connectivity index (χ0v) is 18.6. The highest BCUT2D eigenvalue weighted by molar-refractivity contribution is 8.00. The van der Waals surface area contributed by atoms with Gasteiger partial charge < -0.3 is 9.73 Å². The lowest BCUT2D eigenvalue weighted by Crippen LogP contribution is -2.36. The molecule has 0 unspecified atom stereocenters. The molecule has 1 N–H and O–H groups in total. The molecule has 0 saturated heterocycles. The van der Waals surface area contributed by atoms with Gasteiger partial charge in [0.15, 0.2) is 10.9 Å². The summed E-state index contributed by atoms with van der Waals surface area (Å²) < 4.78 is 7.50. The molecule has 7 heteroatoms. The van der Waals surface area contributed by atoms with Gasteiger partial charge in [-0.3, -0.25) is 9.36 Å². The number of fused-ring (bicyclic) bond motifs is 1. The molecule has 4 aromatic rings. The molecule has 2 aromatic carbocycles. The topological polar surface area (TPSA) is 73.0 Å². The molecule has 0 fully saturated rings. The van der Waals surface area contributed by atoms with E-state index in [-0.39, 0.29) is 17.2 Å². The maximum atomic E-state index is 13.1. The van der Waals surface area contributed by atoms with E-state index in [9.17, 15) is 4.79 Å². The van der Waals surface area contributed by atoms with Crippen LogP contribution in [0.25, 0.3) is 17.3 Å². The van der Waals surface area contributed by atoms with Crippen LogP contribution in [0, 0.1) is 0 Å². The summed E-state index contributed by atoms with van der Waals surface area (Å²) in [5, 5.41) is 12.3. The lowest BCUT2D eigenvalue weighted by atomic mass is 9.88. The summed E-state index contributed by atoms with van der Waals surface area (Å²) in [6, 6.07) is 22.0. The van der Waals surface area contributed by atoms with Gasteiger partial charge in [0.25, 0.3) is 0 Å². The third-order valence-electron chi connectivity index (χ3n) is 5.73. The van der Waals surface area contributed by atoms with Gasteiger partial charge >= 0.3 is 0 Å². The van der Waals surface area contributed by atoms with Crippen molar-refractivity contribution < 1.29 is 9.21 Å². The minimum absolute atomic E-state index is 0.00105. The SMILES string of the molecule is C[C@H](Sc1nnc(-c2ccco2)n1-c1ccccc1)C(=O)N[C@H]1CCCc2ccccc21. The van der Waals surface area contributed by atoms with Crippen LogP contribution in [-0.4, -0.2) is 25.9 Å². The molecular weight excluding hydrogens is 420 g/mol. The number of rotatable bonds is 6. The van der Waals surface area contributed by atoms with Crippen LogP contribution in [0.3, 0.4) is 0 Å². The van der Waals surface area contributed by atoms with E-state index < -0.39 is 0 Å². The molecule has 32 heavy (non-hydrogen) atoms. The summed E-state index contributed by atoms with van der Waals surface area (Å²) >= 11 is 1.40. The summed E-state index contributed by atoms with van der Waals surface area (Å²) in [6.45, 7) is 1.91. The fraction of sp³-hybridized carbons (Fsp3) is 0.240. The van der Waals surface area contributed by atoms with Gasteiger partial charge in [-0.2, -0.15) is 0 Å². The first kappa shape index (κ1) is 20.6. The molecular formula is C25H24N4O2S. The van der Waals surface area contributed by atoms with Crippen molar-refractivity contribution in [3.8, 4) is 17.3 Å². The average Bonchev–Trinajstić information content (AvgIpc) is 3.50. The standard InChI is InChI=1S/C25H24N4O2S/c1-17(24(30)26-21-14-7-10-18-9-5-6-13-20(18)21)32-25-28-27-23(22-15-8-16-31-22)29(25)19-11-3-2-4-12-19/h2-6,8-9,11-13,15-17,21H,7,10,14H2,1H3,(H,26,30)/t17-,21-/m0/s1. The highest BCUT2D eigenvalue weighted by atomic mass is 32.2. The molecule has 0 bridgehead atoms. The first-order valence-corrected chi connectivity index (χ1v) is 11.7. The van der Waals surface area contributed by atoms with Gasteiger partial charge in [0, 0.05) is 5.69 Å². The first-order chi connectivity index (χ1) is 15.7. The minimum Gasteiger partial charge on any atom is -0.461 e. The van der Waals surface area contributed by atoms with Crippen molar-refractivity contribution in [1.29, 1.82) is 0 Å². The van der Waals surface area contributed by atoms with E-state index in [2.05, 4.69) is 33.7 Å². The zero-order chi connectivity index (χ0) is 21.9. The zero-order valence-electron chi connectivity index (χ0n) is 17.8. The molecule has 2 atom stereocenters. The predicted molar refractivity (Wildman–Crippen MR) is 125 cm³/mol. The molecule has 0 saturated carbocycles. The summed E-state index contributed by atoms with van der Waals surface area (Å²) in [4.78, 5) is 13.1. The maximum absolute atomic E-state index is 13.1. The van der Waals surface area contributed by atoms with E-state index in [0.29, 0.717) is 16.7 Å². The molecule has 162 valence electrons. The second-order valence-electron chi connectivity index (χ2n) is 7.87. The number of thioether (sulfide) groups is 1. The Morgan fingerprint density at radius 2 is 1.91 bits per heavy atom. The fourth-order valence-electron chi connectivity index (χ4n) is 4.13. The Morgan fingerprint density at radius 1 is 1.09 bits per heavy atom. The number of aromatic nitrogens is 3. The number of nitrogens with one attached hydrogen (secondary N) is 1. The number of para-hydroxylation sites is 1. The van der Waals surface area contributed by atoms with Gasteiger partial charge in [-0.15, -0.1) is 10.2 Å². The highest BCUT2D eigenvalue weighted by Gasteiger charge is 2.26. The molecule has 1 aliphatic rings. The molecule has 0 aliphatic heterocycles. The van der Waals surface area contributed by atoms with Crippen molar-refractivity contribution in [3.63, 3.8) is 0 Å². The summed E-state index contributed by atoms with van der Waals surface area (Å²) in [5.41, 5.74) is 3.48. The van der Waals surface area contributed by atoms with Gasteiger partial charge in [-0.25, -0.2) is 0 Å². The molecule has 0 radical (unpaired) electrons. The van der Waals surface area contributed by atoms with Gasteiger partial charge in [0.05, 0.1) is 17.6 Å². The third kappa shape index (κ3) is 4.08. The van der Waals surface area contributed by atoms with Crippen molar-refractivity contribution in [2.45, 2.75) is 42.6 Å². The molecule has 1 amide bonds. The van der Waals surface area contributed by atoms with Crippen LogP contribution >= 0.6 is 11.8 Å². The normalized spacial score (nSPS) is 16.3. The predicted octanol–water partition coefficient (Wildman–Crippen LogP) is 5.20. The summed E-state index contributed by atoms with van der Waals surface area (Å²) in [5.74, 6) is 1.24. The molecule has 2 aromatic heterocycles. The van der Waals surface area contributed by atoms with Crippen LogP contribution in [0.4, 0.5) is 0 Å². The number of carbonyl (C=O) groups excluding carboxylic acids is 1. The van der Waals surface area contributed by atoms with Crippen molar-refractivity contribution >= 4 is 17.7 Å². The van der Waals surface area contributed by atoms with Crippen LogP contribution in [0.2, 0.25) is 0 Å². The van der Waals surface area contributed by atoms with Crippen LogP contribution in [0.5, 0.6) is 0 Å². The Balaban J connectivity index is 1.38. The number of carbonyl (C=O) groups is 1. The Hall–Kier alpha value is -3.32. The van der Waals surface area contributed by atoms with Crippen molar-refractivity contribution in [2.24, 2.45) is 0 Å². The van der Waals surface area contributed by atoms with E-state index in [1.165, 1.54) is 22.9 Å². The Labute approximate surface area is 191 Å². The summed E-state index contributed by atoms with van der Waals surface area (Å²) in [6.07, 6.45) is 4.73. The Bertz CT molecular complexity index is 1200. The van der Waals surface area contributed by atoms with Crippen LogP contribution in [-0.2, 0) is 11.2 Å². The fourth-order valence-corrected chi connectivity index (χ4v) is 5.00. The summed E-state index contributed by atoms with van der Waals surface area (Å²) in [7, 11) is 0. The van der Waals surface area contributed by atoms with E-state index in [1.807, 2.05) is 60.0 Å². The first-order valence-electron chi connectivity index (χ1n) is 10.8. The number of furan rings is 1. The number of aryl methyl sites for hydroxylation is 1. The van der Waals surface area contributed by atoms with Gasteiger partial charge in [0.2, 0.25) is 11.7 Å². The van der Waals surface area contributed by atoms with Gasteiger partial charge in [-0.05, 0) is 61.6 Å². The average molecular weight is 445 g/mol. The number of benzene rings is 2. The molecule has 1 aliphatic carbocycles. The number of hydrogen-bond donors (Lipinski definition) is 1. The Kier molecular flexibility index (Phi) is 5.81. The van der Waals surface area contributed by atoms with E-state index in [0.717, 1.165) is 24.9 Å². The van der Waals surface area contributed by atoms with Crippen molar-refractivity contribution in [1.82, 2.24) is 20.1 Å². The third-order valence-corrected chi connectivity index (χ3v) is 6.77. The lowest BCUT2D eigenvalue weighted by molar-refractivity contribution is -0.121. The number of nitrogens with zero attached hydrogens (tertiary/aromatic N) is 3. The smallest absolute Gasteiger partial charge is 0.233 e. The highest BCUT2D eigenvalue weighted by Crippen LogP contribution is 2.32. The van der Waals surface area contributed by atoms with Crippen molar-refractivity contribution in [3.05, 3.63) is 84.1 Å². The van der Waals surface area contributed by atoms with Crippen molar-refractivity contribution in [2.75, 3.05) is 0 Å². The van der Waals surface area contributed by atoms with E-state index in [4.69, 9.17) is 4.42 Å². The largest absolute Gasteiger partial charge is 0.461 e. The Morgan fingerprint density at radius 3 is 2.72 bits per heavy atom. The monoisotopic (exact) mass is 444 g/mol. The number of amides is 1. The molecule has 2 heterocycles. The van der Waals surface area contributed by atoms with Gasteiger partial charge in [-0.1, -0.05) is 54.2 Å². The van der Waals surface area contributed by atoms with Gasteiger partial charge in [0.1, 0.15) is 0 Å². The quantitative estimate of drug-likeness (QED) is 0.414. The second-order valence-corrected chi connectivity index (χ2v) is 9.17. The number of hydrogen-bond acceptors (Lipinski definition) is 5. The molecule has 0 spiro atoms. The minimum atomic E-state index is -0.333. The molecule has 6 nitrogen and oxygen atoms in total. The lowest BCUT2D eigenvalue weighted by Gasteiger charge is -2.27. The van der Waals surface area contributed by atoms with Crippen LogP contribution in [0.1, 0.15) is 36.9 Å². The van der Waals surface area contributed by atoms with Crippen LogP contribution < -0.4 is 5.32 Å². The van der Waals surface area contributed by atoms with Crippen LogP contribution in [0.15, 0.2) is 82.6 Å². The van der Waals surface area contributed by atoms with E-state index in [1.54, 1.807) is 6.26 Å². The van der Waals surface area contributed by atoms with E-state index >= 15 is 0 Å². The maximum Gasteiger partial charge on any atom is 0.233 e.